The van der Waals surface area contributed by atoms with Crippen LogP contribution in [-0.4, -0.2) is 45.8 Å². The summed E-state index contributed by atoms with van der Waals surface area (Å²) >= 11 is 0. The summed E-state index contributed by atoms with van der Waals surface area (Å²) in [6, 6.07) is 10.5. The van der Waals surface area contributed by atoms with Crippen molar-refractivity contribution in [2.24, 2.45) is 0 Å². The van der Waals surface area contributed by atoms with E-state index in [9.17, 15) is 4.79 Å². The average molecular weight is 298 g/mol. The second-order valence-corrected chi connectivity index (χ2v) is 6.09. The zero-order chi connectivity index (χ0) is 15.7. The standard InChI is InChI=1S/C17H22N4O/c1-12-9-20(10-13(2)18-12)17(22)16-11-21(19-14(16)3)15-7-5-4-6-8-15/h4-8,11-13,18H,9-10H2,1-3H3. The molecule has 0 spiro atoms. The average Bonchev–Trinajstić information content (AvgIpc) is 2.88. The van der Waals surface area contributed by atoms with Crippen molar-refractivity contribution in [2.75, 3.05) is 13.1 Å². The molecular weight excluding hydrogens is 276 g/mol. The number of benzene rings is 1. The summed E-state index contributed by atoms with van der Waals surface area (Å²) in [6.45, 7) is 7.58. The van der Waals surface area contributed by atoms with Crippen LogP contribution in [0.15, 0.2) is 36.5 Å². The maximum Gasteiger partial charge on any atom is 0.257 e. The van der Waals surface area contributed by atoms with Crippen LogP contribution in [0.4, 0.5) is 0 Å². The van der Waals surface area contributed by atoms with Crippen LogP contribution in [0.3, 0.4) is 0 Å². The van der Waals surface area contributed by atoms with Gasteiger partial charge in [0.1, 0.15) is 0 Å². The number of rotatable bonds is 2. The lowest BCUT2D eigenvalue weighted by atomic mass is 10.1. The number of aromatic nitrogens is 2. The van der Waals surface area contributed by atoms with E-state index in [1.165, 1.54) is 0 Å². The molecule has 1 aliphatic rings. The first-order chi connectivity index (χ1) is 10.5. The third kappa shape index (κ3) is 2.90. The molecule has 3 rings (SSSR count). The number of aryl methyl sites for hydroxylation is 1. The van der Waals surface area contributed by atoms with Crippen molar-refractivity contribution in [2.45, 2.75) is 32.9 Å². The van der Waals surface area contributed by atoms with Crippen LogP contribution in [0, 0.1) is 6.92 Å². The first-order valence-electron chi connectivity index (χ1n) is 7.71. The second kappa shape index (κ2) is 5.93. The number of nitrogens with one attached hydrogen (secondary N) is 1. The van der Waals surface area contributed by atoms with Crippen molar-refractivity contribution < 1.29 is 4.79 Å². The molecule has 0 saturated carbocycles. The first kappa shape index (κ1) is 14.8. The van der Waals surface area contributed by atoms with Gasteiger partial charge in [-0.2, -0.15) is 5.10 Å². The Labute approximate surface area is 130 Å². The van der Waals surface area contributed by atoms with E-state index in [1.807, 2.05) is 48.4 Å². The van der Waals surface area contributed by atoms with Gasteiger partial charge < -0.3 is 10.2 Å². The van der Waals surface area contributed by atoms with Crippen LogP contribution in [0.25, 0.3) is 5.69 Å². The number of hydrogen-bond donors (Lipinski definition) is 1. The lowest BCUT2D eigenvalue weighted by Gasteiger charge is -2.36. The molecule has 2 atom stereocenters. The highest BCUT2D eigenvalue weighted by Gasteiger charge is 2.27. The van der Waals surface area contributed by atoms with E-state index < -0.39 is 0 Å². The van der Waals surface area contributed by atoms with Crippen LogP contribution in [0.5, 0.6) is 0 Å². The lowest BCUT2D eigenvalue weighted by molar-refractivity contribution is 0.0673. The zero-order valence-electron chi connectivity index (χ0n) is 13.3. The smallest absolute Gasteiger partial charge is 0.257 e. The van der Waals surface area contributed by atoms with Gasteiger partial charge in [0.2, 0.25) is 0 Å². The summed E-state index contributed by atoms with van der Waals surface area (Å²) in [6.07, 6.45) is 1.84. The van der Waals surface area contributed by atoms with Crippen LogP contribution >= 0.6 is 0 Å². The molecule has 1 saturated heterocycles. The largest absolute Gasteiger partial charge is 0.335 e. The monoisotopic (exact) mass is 298 g/mol. The van der Waals surface area contributed by atoms with Crippen molar-refractivity contribution in [1.29, 1.82) is 0 Å². The van der Waals surface area contributed by atoms with Gasteiger partial charge in [0.05, 0.1) is 16.9 Å². The molecule has 5 heteroatoms. The Kier molecular flexibility index (Phi) is 3.98. The van der Waals surface area contributed by atoms with Gasteiger partial charge in [-0.25, -0.2) is 4.68 Å². The Bertz CT molecular complexity index is 655. The maximum atomic E-state index is 12.8. The van der Waals surface area contributed by atoms with Crippen molar-refractivity contribution in [3.63, 3.8) is 0 Å². The van der Waals surface area contributed by atoms with Crippen LogP contribution < -0.4 is 5.32 Å². The molecule has 2 heterocycles. The summed E-state index contributed by atoms with van der Waals surface area (Å²) in [5.74, 6) is 0.0693. The van der Waals surface area contributed by atoms with Gasteiger partial charge >= 0.3 is 0 Å². The zero-order valence-corrected chi connectivity index (χ0v) is 13.3. The molecule has 2 aromatic rings. The van der Waals surface area contributed by atoms with Crippen molar-refractivity contribution in [3.8, 4) is 5.69 Å². The predicted molar refractivity (Wildman–Crippen MR) is 86.3 cm³/mol. The van der Waals surface area contributed by atoms with E-state index in [1.54, 1.807) is 4.68 Å². The highest BCUT2D eigenvalue weighted by molar-refractivity contribution is 5.95. The predicted octanol–water partition coefficient (Wildman–Crippen LogP) is 2.00. The minimum Gasteiger partial charge on any atom is -0.335 e. The highest BCUT2D eigenvalue weighted by atomic mass is 16.2. The first-order valence-corrected chi connectivity index (χ1v) is 7.71. The minimum absolute atomic E-state index is 0.0693. The number of carbonyl (C=O) groups is 1. The molecule has 0 bridgehead atoms. The molecule has 1 aliphatic heterocycles. The molecule has 2 unspecified atom stereocenters. The van der Waals surface area contributed by atoms with Gasteiger partial charge in [0.25, 0.3) is 5.91 Å². The van der Waals surface area contributed by atoms with Crippen LogP contribution in [-0.2, 0) is 0 Å². The normalized spacial score (nSPS) is 21.9. The number of para-hydroxylation sites is 1. The molecule has 1 amide bonds. The van der Waals surface area contributed by atoms with E-state index >= 15 is 0 Å². The fraction of sp³-hybridized carbons (Fsp3) is 0.412. The number of hydrogen-bond acceptors (Lipinski definition) is 3. The summed E-state index contributed by atoms with van der Waals surface area (Å²) in [5, 5.41) is 7.93. The second-order valence-electron chi connectivity index (χ2n) is 6.09. The molecule has 0 aliphatic carbocycles. The third-order valence-electron chi connectivity index (χ3n) is 3.99. The van der Waals surface area contributed by atoms with E-state index in [2.05, 4.69) is 24.3 Å². The lowest BCUT2D eigenvalue weighted by Crippen LogP contribution is -2.55. The molecule has 22 heavy (non-hydrogen) atoms. The number of piperazine rings is 1. The van der Waals surface area contributed by atoms with Crippen molar-refractivity contribution >= 4 is 5.91 Å². The minimum atomic E-state index is 0.0693. The maximum absolute atomic E-state index is 12.8. The van der Waals surface area contributed by atoms with Gasteiger partial charge in [-0.1, -0.05) is 18.2 Å². The SMILES string of the molecule is Cc1nn(-c2ccccc2)cc1C(=O)N1CC(C)NC(C)C1. The quantitative estimate of drug-likeness (QED) is 0.922. The van der Waals surface area contributed by atoms with E-state index in [4.69, 9.17) is 0 Å². The summed E-state index contributed by atoms with van der Waals surface area (Å²) in [7, 11) is 0. The number of amides is 1. The molecule has 1 fully saturated rings. The van der Waals surface area contributed by atoms with Crippen molar-refractivity contribution in [1.82, 2.24) is 20.0 Å². The van der Waals surface area contributed by atoms with Gasteiger partial charge in [0.15, 0.2) is 0 Å². The molecular formula is C17H22N4O. The summed E-state index contributed by atoms with van der Waals surface area (Å²) in [4.78, 5) is 14.7. The fourth-order valence-electron chi connectivity index (χ4n) is 3.05. The van der Waals surface area contributed by atoms with Gasteiger partial charge in [0, 0.05) is 31.4 Å². The molecule has 5 nitrogen and oxygen atoms in total. The Morgan fingerprint density at radius 2 is 1.82 bits per heavy atom. The number of nitrogens with zero attached hydrogens (tertiary/aromatic N) is 3. The summed E-state index contributed by atoms with van der Waals surface area (Å²) in [5.41, 5.74) is 2.42. The van der Waals surface area contributed by atoms with Crippen LogP contribution in [0.1, 0.15) is 29.9 Å². The fourth-order valence-corrected chi connectivity index (χ4v) is 3.05. The Balaban J connectivity index is 1.86. The van der Waals surface area contributed by atoms with Gasteiger partial charge in [-0.3, -0.25) is 4.79 Å². The van der Waals surface area contributed by atoms with E-state index in [0.29, 0.717) is 17.6 Å². The Morgan fingerprint density at radius 3 is 2.45 bits per heavy atom. The van der Waals surface area contributed by atoms with E-state index in [-0.39, 0.29) is 5.91 Å². The summed E-state index contributed by atoms with van der Waals surface area (Å²) < 4.78 is 1.78. The van der Waals surface area contributed by atoms with Crippen LogP contribution in [0.2, 0.25) is 0 Å². The molecule has 1 aromatic heterocycles. The molecule has 1 aromatic carbocycles. The molecule has 116 valence electrons. The van der Waals surface area contributed by atoms with E-state index in [0.717, 1.165) is 24.5 Å². The third-order valence-corrected chi connectivity index (χ3v) is 3.99. The van der Waals surface area contributed by atoms with Crippen molar-refractivity contribution in [3.05, 3.63) is 47.8 Å². The topological polar surface area (TPSA) is 50.2 Å². The molecule has 1 N–H and O–H groups in total. The number of carbonyl (C=O) groups excluding carboxylic acids is 1. The van der Waals surface area contributed by atoms with Gasteiger partial charge in [-0.15, -0.1) is 0 Å². The Hall–Kier alpha value is -2.14. The molecule has 0 radical (unpaired) electrons. The highest BCUT2D eigenvalue weighted by Crippen LogP contribution is 2.16. The Morgan fingerprint density at radius 1 is 1.18 bits per heavy atom. The van der Waals surface area contributed by atoms with Gasteiger partial charge in [-0.05, 0) is 32.9 Å².